The fourth-order valence-electron chi connectivity index (χ4n) is 3.30. The van der Waals surface area contributed by atoms with Gasteiger partial charge in [0.2, 0.25) is 10.0 Å². The summed E-state index contributed by atoms with van der Waals surface area (Å²) in [6.45, 7) is 0.819. The number of sulfonamides is 1. The zero-order valence-electron chi connectivity index (χ0n) is 16.7. The molecule has 1 aromatic heterocycles. The molecule has 0 N–H and O–H groups in total. The first-order valence-electron chi connectivity index (χ1n) is 9.17. The Morgan fingerprint density at radius 2 is 1.61 bits per heavy atom. The van der Waals surface area contributed by atoms with Gasteiger partial charge in [-0.05, 0) is 18.2 Å². The van der Waals surface area contributed by atoms with Gasteiger partial charge in [0.1, 0.15) is 4.90 Å². The van der Waals surface area contributed by atoms with Crippen LogP contribution >= 0.6 is 11.6 Å². The summed E-state index contributed by atoms with van der Waals surface area (Å²) in [7, 11) is -1.33. The summed E-state index contributed by atoms with van der Waals surface area (Å²) in [4.78, 5) is 25.2. The van der Waals surface area contributed by atoms with E-state index in [2.05, 4.69) is 0 Å². The maximum Gasteiger partial charge on any atom is 0.416 e. The Morgan fingerprint density at radius 3 is 2.19 bits per heavy atom. The first-order chi connectivity index (χ1) is 14.3. The molecule has 3 rings (SSSR count). The van der Waals surface area contributed by atoms with Crippen LogP contribution in [0, 0.1) is 0 Å². The van der Waals surface area contributed by atoms with E-state index in [9.17, 15) is 31.2 Å². The molecule has 13 heteroatoms. The Morgan fingerprint density at radius 1 is 1.00 bits per heavy atom. The van der Waals surface area contributed by atoms with Gasteiger partial charge in [-0.15, -0.1) is 0 Å². The highest BCUT2D eigenvalue weighted by molar-refractivity contribution is 7.89. The highest BCUT2D eigenvalue weighted by Gasteiger charge is 2.35. The quantitative estimate of drug-likeness (QED) is 0.658. The number of rotatable bonds is 4. The van der Waals surface area contributed by atoms with Crippen LogP contribution in [0.25, 0.3) is 0 Å². The minimum Gasteiger partial charge on any atom is -0.299 e. The molecule has 2 heterocycles. The summed E-state index contributed by atoms with van der Waals surface area (Å²) in [5, 5.41) is -0.287. The molecule has 1 aliphatic rings. The number of aromatic nitrogens is 2. The van der Waals surface area contributed by atoms with Crippen molar-refractivity contribution in [2.75, 3.05) is 26.2 Å². The smallest absolute Gasteiger partial charge is 0.299 e. The third-order valence-corrected chi connectivity index (χ3v) is 7.60. The van der Waals surface area contributed by atoms with E-state index >= 15 is 0 Å². The predicted molar refractivity (Wildman–Crippen MR) is 107 cm³/mol. The fraction of sp³-hybridized carbons (Fsp3) is 0.444. The molecule has 0 atom stereocenters. The van der Waals surface area contributed by atoms with E-state index in [1.165, 1.54) is 24.7 Å². The molecule has 0 bridgehead atoms. The minimum absolute atomic E-state index is 0.0215. The topological polar surface area (TPSA) is 84.6 Å². The van der Waals surface area contributed by atoms with Crippen molar-refractivity contribution in [3.63, 3.8) is 0 Å². The summed E-state index contributed by atoms with van der Waals surface area (Å²) in [5.74, 6) is 0. The Labute approximate surface area is 181 Å². The third-order valence-electron chi connectivity index (χ3n) is 5.22. The van der Waals surface area contributed by atoms with Crippen molar-refractivity contribution in [2.24, 2.45) is 14.1 Å². The normalized spacial score (nSPS) is 16.6. The van der Waals surface area contributed by atoms with Gasteiger partial charge in [-0.3, -0.25) is 18.8 Å². The summed E-state index contributed by atoms with van der Waals surface area (Å²) >= 11 is 5.90. The zero-order chi connectivity index (χ0) is 23.1. The number of halogens is 4. The average molecular weight is 481 g/mol. The fourth-order valence-corrected chi connectivity index (χ4v) is 5.23. The van der Waals surface area contributed by atoms with Crippen molar-refractivity contribution < 1.29 is 21.6 Å². The lowest BCUT2D eigenvalue weighted by molar-refractivity contribution is -0.137. The van der Waals surface area contributed by atoms with Gasteiger partial charge in [0, 0.05) is 58.6 Å². The molecular formula is C18H20ClF3N4O4S. The maximum absolute atomic E-state index is 13.0. The van der Waals surface area contributed by atoms with E-state index in [0.717, 1.165) is 21.0 Å². The summed E-state index contributed by atoms with van der Waals surface area (Å²) in [6.07, 6.45) is -4.70. The zero-order valence-corrected chi connectivity index (χ0v) is 18.3. The van der Waals surface area contributed by atoms with Gasteiger partial charge in [-0.25, -0.2) is 13.2 Å². The number of hydrogen-bond donors (Lipinski definition) is 0. The van der Waals surface area contributed by atoms with Crippen molar-refractivity contribution in [1.82, 2.24) is 18.3 Å². The van der Waals surface area contributed by atoms with Crippen molar-refractivity contribution in [1.29, 1.82) is 0 Å². The van der Waals surface area contributed by atoms with Gasteiger partial charge in [0.15, 0.2) is 0 Å². The lowest BCUT2D eigenvalue weighted by Gasteiger charge is -2.34. The molecule has 1 saturated heterocycles. The molecule has 1 aliphatic heterocycles. The molecule has 0 radical (unpaired) electrons. The summed E-state index contributed by atoms with van der Waals surface area (Å²) in [6, 6.07) is 3.53. The Hall–Kier alpha value is -2.15. The predicted octanol–water partition coefficient (Wildman–Crippen LogP) is 1.26. The molecule has 31 heavy (non-hydrogen) atoms. The van der Waals surface area contributed by atoms with Gasteiger partial charge in [-0.1, -0.05) is 11.6 Å². The second kappa shape index (κ2) is 8.41. The van der Waals surface area contributed by atoms with Crippen molar-refractivity contribution >= 4 is 21.6 Å². The number of hydrogen-bond acceptors (Lipinski definition) is 5. The highest BCUT2D eigenvalue weighted by Crippen LogP contribution is 2.34. The first-order valence-corrected chi connectivity index (χ1v) is 11.0. The molecule has 2 aromatic rings. The van der Waals surface area contributed by atoms with E-state index in [-0.39, 0.29) is 37.7 Å². The standard InChI is InChI=1S/C18H20ClF3N4O4S/c1-23-13(10-16(27)24(2)17(23)28)11-25-5-7-26(8-6-25)31(29,30)15-9-12(18(20,21)22)3-4-14(15)19/h3-4,9-10H,5-8,11H2,1-2H3. The number of nitrogens with zero attached hydrogens (tertiary/aromatic N) is 4. The van der Waals surface area contributed by atoms with E-state index in [4.69, 9.17) is 11.6 Å². The molecule has 0 aliphatic carbocycles. The molecular weight excluding hydrogens is 461 g/mol. The second-order valence-electron chi connectivity index (χ2n) is 7.20. The van der Waals surface area contributed by atoms with E-state index in [0.29, 0.717) is 11.8 Å². The van der Waals surface area contributed by atoms with Gasteiger partial charge in [0.05, 0.1) is 10.6 Å². The lowest BCUT2D eigenvalue weighted by Crippen LogP contribution is -2.49. The van der Waals surface area contributed by atoms with Crippen LogP contribution in [-0.2, 0) is 36.8 Å². The van der Waals surface area contributed by atoms with Crippen LogP contribution in [0.3, 0.4) is 0 Å². The maximum atomic E-state index is 13.0. The van der Waals surface area contributed by atoms with Crippen LogP contribution in [0.5, 0.6) is 0 Å². The van der Waals surface area contributed by atoms with Crippen LogP contribution in [-0.4, -0.2) is 52.9 Å². The van der Waals surface area contributed by atoms with Crippen molar-refractivity contribution in [2.45, 2.75) is 17.6 Å². The molecule has 0 amide bonds. The van der Waals surface area contributed by atoms with E-state index < -0.39 is 37.9 Å². The largest absolute Gasteiger partial charge is 0.416 e. The van der Waals surface area contributed by atoms with E-state index in [1.807, 2.05) is 4.90 Å². The monoisotopic (exact) mass is 480 g/mol. The lowest BCUT2D eigenvalue weighted by atomic mass is 10.2. The average Bonchev–Trinajstić information content (AvgIpc) is 2.70. The molecule has 1 aromatic carbocycles. The number of piperazine rings is 1. The van der Waals surface area contributed by atoms with Crippen LogP contribution in [0.4, 0.5) is 13.2 Å². The summed E-state index contributed by atoms with van der Waals surface area (Å²) in [5.41, 5.74) is -1.53. The first kappa shape index (κ1) is 23.5. The van der Waals surface area contributed by atoms with Crippen LogP contribution < -0.4 is 11.2 Å². The molecule has 0 saturated carbocycles. The molecule has 170 valence electrons. The molecule has 0 spiro atoms. The third kappa shape index (κ3) is 4.71. The van der Waals surface area contributed by atoms with Gasteiger partial charge in [0.25, 0.3) is 5.56 Å². The molecule has 0 unspecified atom stereocenters. The summed E-state index contributed by atoms with van der Waals surface area (Å²) < 4.78 is 68.2. The second-order valence-corrected chi connectivity index (χ2v) is 9.51. The molecule has 8 nitrogen and oxygen atoms in total. The van der Waals surface area contributed by atoms with E-state index in [1.54, 1.807) is 0 Å². The highest BCUT2D eigenvalue weighted by atomic mass is 35.5. The van der Waals surface area contributed by atoms with Crippen LogP contribution in [0.2, 0.25) is 5.02 Å². The van der Waals surface area contributed by atoms with Gasteiger partial charge in [-0.2, -0.15) is 17.5 Å². The minimum atomic E-state index is -4.70. The molecule has 1 fully saturated rings. The van der Waals surface area contributed by atoms with Crippen molar-refractivity contribution in [3.8, 4) is 0 Å². The van der Waals surface area contributed by atoms with Crippen LogP contribution in [0.15, 0.2) is 38.8 Å². The SMILES string of the molecule is Cn1c(CN2CCN(S(=O)(=O)c3cc(C(F)(F)F)ccc3Cl)CC2)cc(=O)n(C)c1=O. The number of alkyl halides is 3. The van der Waals surface area contributed by atoms with Gasteiger partial charge < -0.3 is 0 Å². The Kier molecular flexibility index (Phi) is 6.38. The Balaban J connectivity index is 1.77. The number of benzene rings is 1. The van der Waals surface area contributed by atoms with Crippen LogP contribution in [0.1, 0.15) is 11.3 Å². The Bertz CT molecular complexity index is 1220. The van der Waals surface area contributed by atoms with Crippen molar-refractivity contribution in [3.05, 3.63) is 61.4 Å². The van der Waals surface area contributed by atoms with Gasteiger partial charge >= 0.3 is 11.9 Å².